The monoisotopic (exact) mass is 435 g/mol. The molecule has 0 saturated heterocycles. The first-order valence-corrected chi connectivity index (χ1v) is 11.9. The Kier molecular flexibility index (Phi) is 15.3. The Hall–Kier alpha value is -2.11. The number of rotatable bonds is 15. The van der Waals surface area contributed by atoms with Crippen molar-refractivity contribution >= 4 is 17.8 Å². The van der Waals surface area contributed by atoms with Gasteiger partial charge >= 0.3 is 11.9 Å². The summed E-state index contributed by atoms with van der Waals surface area (Å²) in [5, 5.41) is 2.56. The van der Waals surface area contributed by atoms with Crippen molar-refractivity contribution < 1.29 is 23.9 Å². The van der Waals surface area contributed by atoms with Crippen LogP contribution in [0.5, 0.6) is 0 Å². The number of carbonyl (C=O) groups is 3. The van der Waals surface area contributed by atoms with Crippen molar-refractivity contribution in [1.82, 2.24) is 5.32 Å². The van der Waals surface area contributed by atoms with Gasteiger partial charge in [-0.2, -0.15) is 0 Å². The Morgan fingerprint density at radius 3 is 2.39 bits per heavy atom. The van der Waals surface area contributed by atoms with Gasteiger partial charge in [0.05, 0.1) is 7.11 Å². The highest BCUT2D eigenvalue weighted by Crippen LogP contribution is 2.26. The molecule has 6 nitrogen and oxygen atoms in total. The van der Waals surface area contributed by atoms with Crippen molar-refractivity contribution in [1.29, 1.82) is 0 Å². The first kappa shape index (κ1) is 26.9. The van der Waals surface area contributed by atoms with Gasteiger partial charge in [-0.1, -0.05) is 83.3 Å². The average molecular weight is 436 g/mol. The molecule has 1 unspecified atom stereocenters. The number of ether oxygens (including phenoxy) is 2. The third-order valence-corrected chi connectivity index (χ3v) is 5.64. The molecule has 0 aromatic carbocycles. The topological polar surface area (TPSA) is 81.7 Å². The van der Waals surface area contributed by atoms with E-state index in [1.54, 1.807) is 6.08 Å². The van der Waals surface area contributed by atoms with E-state index < -0.39 is 18.0 Å². The van der Waals surface area contributed by atoms with E-state index in [-0.39, 0.29) is 12.5 Å². The average Bonchev–Trinajstić information content (AvgIpc) is 2.78. The lowest BCUT2D eigenvalue weighted by atomic mass is 9.87. The van der Waals surface area contributed by atoms with Gasteiger partial charge in [-0.05, 0) is 31.3 Å². The van der Waals surface area contributed by atoms with E-state index >= 15 is 0 Å². The van der Waals surface area contributed by atoms with E-state index in [2.05, 4.69) is 12.2 Å². The minimum Gasteiger partial charge on any atom is -0.467 e. The number of hydrogen-bond donors (Lipinski definition) is 1. The van der Waals surface area contributed by atoms with Crippen molar-refractivity contribution in [2.75, 3.05) is 13.7 Å². The SMILES string of the molecule is CCCCCCCC/C=C/C(=O)OCC(NC(=O)/C=C/CC1CCCCC1)C(=O)OC. The smallest absolute Gasteiger partial charge is 0.331 e. The van der Waals surface area contributed by atoms with E-state index in [1.807, 2.05) is 6.08 Å². The molecule has 1 N–H and O–H groups in total. The third-order valence-electron chi connectivity index (χ3n) is 5.64. The van der Waals surface area contributed by atoms with Crippen molar-refractivity contribution in [3.63, 3.8) is 0 Å². The van der Waals surface area contributed by atoms with Crippen LogP contribution in [0.2, 0.25) is 0 Å². The van der Waals surface area contributed by atoms with Crippen LogP contribution in [0.15, 0.2) is 24.3 Å². The standard InChI is InChI=1S/C25H41NO5/c1-3-4-5-6-7-8-9-13-19-24(28)31-20-22(25(29)30-2)26-23(27)18-14-17-21-15-11-10-12-16-21/h13-14,18-19,21-22H,3-12,15-17,20H2,1-2H3,(H,26,27)/b18-14+,19-13+. The van der Waals surface area contributed by atoms with E-state index in [0.29, 0.717) is 5.92 Å². The Labute approximate surface area is 187 Å². The fourth-order valence-corrected chi connectivity index (χ4v) is 3.76. The van der Waals surface area contributed by atoms with Crippen LogP contribution in [-0.2, 0) is 23.9 Å². The van der Waals surface area contributed by atoms with Gasteiger partial charge in [0.25, 0.3) is 0 Å². The van der Waals surface area contributed by atoms with Gasteiger partial charge in [0, 0.05) is 6.08 Å². The summed E-state index contributed by atoms with van der Waals surface area (Å²) in [5.74, 6) is -0.918. The lowest BCUT2D eigenvalue weighted by Gasteiger charge is -2.19. The lowest BCUT2D eigenvalue weighted by Crippen LogP contribution is -2.44. The second-order valence-electron chi connectivity index (χ2n) is 8.32. The number of carbonyl (C=O) groups excluding carboxylic acids is 3. The van der Waals surface area contributed by atoms with Gasteiger partial charge in [-0.15, -0.1) is 0 Å². The number of unbranched alkanes of at least 4 members (excludes halogenated alkanes) is 6. The Balaban J connectivity index is 2.30. The minimum atomic E-state index is -1.02. The number of allylic oxidation sites excluding steroid dienone is 2. The highest BCUT2D eigenvalue weighted by Gasteiger charge is 2.22. The molecular formula is C25H41NO5. The van der Waals surface area contributed by atoms with Crippen LogP contribution in [0.1, 0.15) is 90.4 Å². The van der Waals surface area contributed by atoms with E-state index in [4.69, 9.17) is 9.47 Å². The molecule has 1 amide bonds. The van der Waals surface area contributed by atoms with Gasteiger partial charge in [-0.25, -0.2) is 9.59 Å². The normalized spacial score (nSPS) is 15.8. The summed E-state index contributed by atoms with van der Waals surface area (Å²) in [4.78, 5) is 35.9. The molecule has 0 aromatic rings. The number of esters is 2. The maximum atomic E-state index is 12.1. The second kappa shape index (κ2) is 17.6. The first-order chi connectivity index (χ1) is 15.1. The molecule has 6 heteroatoms. The molecule has 176 valence electrons. The molecule has 1 aliphatic carbocycles. The van der Waals surface area contributed by atoms with E-state index in [0.717, 1.165) is 25.7 Å². The zero-order valence-electron chi connectivity index (χ0n) is 19.4. The van der Waals surface area contributed by atoms with Crippen LogP contribution < -0.4 is 5.32 Å². The third kappa shape index (κ3) is 13.7. The van der Waals surface area contributed by atoms with Crippen LogP contribution in [0.3, 0.4) is 0 Å². The van der Waals surface area contributed by atoms with Gasteiger partial charge in [0.2, 0.25) is 5.91 Å². The highest BCUT2D eigenvalue weighted by molar-refractivity contribution is 5.91. The molecule has 0 radical (unpaired) electrons. The van der Waals surface area contributed by atoms with Crippen molar-refractivity contribution in [3.05, 3.63) is 24.3 Å². The molecule has 1 fully saturated rings. The van der Waals surface area contributed by atoms with Crippen LogP contribution in [0, 0.1) is 5.92 Å². The predicted octanol–water partition coefficient (Wildman–Crippen LogP) is 5.02. The quantitative estimate of drug-likeness (QED) is 0.222. The van der Waals surface area contributed by atoms with Crippen LogP contribution >= 0.6 is 0 Å². The predicted molar refractivity (Wildman–Crippen MR) is 122 cm³/mol. The van der Waals surface area contributed by atoms with Crippen molar-refractivity contribution in [2.24, 2.45) is 5.92 Å². The lowest BCUT2D eigenvalue weighted by molar-refractivity contribution is -0.149. The highest BCUT2D eigenvalue weighted by atomic mass is 16.5. The van der Waals surface area contributed by atoms with Crippen molar-refractivity contribution in [2.45, 2.75) is 96.4 Å². The first-order valence-electron chi connectivity index (χ1n) is 11.9. The maximum absolute atomic E-state index is 12.1. The molecule has 1 aliphatic rings. The summed E-state index contributed by atoms with van der Waals surface area (Å²) >= 11 is 0. The van der Waals surface area contributed by atoms with Gasteiger partial charge < -0.3 is 14.8 Å². The molecule has 1 rings (SSSR count). The summed E-state index contributed by atoms with van der Waals surface area (Å²) in [6.45, 7) is 1.94. The summed E-state index contributed by atoms with van der Waals surface area (Å²) in [6, 6.07) is -1.02. The number of amides is 1. The van der Waals surface area contributed by atoms with Crippen LogP contribution in [0.4, 0.5) is 0 Å². The molecule has 31 heavy (non-hydrogen) atoms. The van der Waals surface area contributed by atoms with Gasteiger partial charge in [0.1, 0.15) is 6.61 Å². The number of hydrogen-bond acceptors (Lipinski definition) is 5. The van der Waals surface area contributed by atoms with Crippen LogP contribution in [-0.4, -0.2) is 37.6 Å². The van der Waals surface area contributed by atoms with E-state index in [1.165, 1.54) is 77.0 Å². The molecule has 0 aliphatic heterocycles. The number of nitrogens with one attached hydrogen (secondary N) is 1. The largest absolute Gasteiger partial charge is 0.467 e. The van der Waals surface area contributed by atoms with Crippen LogP contribution in [0.25, 0.3) is 0 Å². The Bertz CT molecular complexity index is 578. The van der Waals surface area contributed by atoms with Gasteiger partial charge in [-0.3, -0.25) is 4.79 Å². The zero-order valence-corrected chi connectivity index (χ0v) is 19.4. The maximum Gasteiger partial charge on any atom is 0.331 e. The summed E-state index contributed by atoms with van der Waals surface area (Å²) in [7, 11) is 1.24. The second-order valence-corrected chi connectivity index (χ2v) is 8.32. The molecule has 1 saturated carbocycles. The summed E-state index contributed by atoms with van der Waals surface area (Å²) in [6.07, 6.45) is 21.6. The van der Waals surface area contributed by atoms with Crippen molar-refractivity contribution in [3.8, 4) is 0 Å². The number of methoxy groups -OCH3 is 1. The zero-order chi connectivity index (χ0) is 22.7. The minimum absolute atomic E-state index is 0.255. The summed E-state index contributed by atoms with van der Waals surface area (Å²) in [5.41, 5.74) is 0. The van der Waals surface area contributed by atoms with E-state index in [9.17, 15) is 14.4 Å². The fraction of sp³-hybridized carbons (Fsp3) is 0.720. The molecule has 0 aromatic heterocycles. The Morgan fingerprint density at radius 2 is 1.68 bits per heavy atom. The molecule has 0 bridgehead atoms. The fourth-order valence-electron chi connectivity index (χ4n) is 3.76. The molecule has 0 heterocycles. The van der Waals surface area contributed by atoms with Gasteiger partial charge in [0.15, 0.2) is 6.04 Å². The Morgan fingerprint density at radius 1 is 0.968 bits per heavy atom. The molecule has 0 spiro atoms. The molecule has 1 atom stereocenters. The summed E-state index contributed by atoms with van der Waals surface area (Å²) < 4.78 is 9.83. The molecular weight excluding hydrogens is 394 g/mol.